The number of amides is 1. The van der Waals surface area contributed by atoms with E-state index < -0.39 is 0 Å². The number of hydrogen-bond acceptors (Lipinski definition) is 4. The fourth-order valence-corrected chi connectivity index (χ4v) is 3.07. The van der Waals surface area contributed by atoms with E-state index in [1.54, 1.807) is 7.11 Å². The molecular weight excluding hydrogens is 316 g/mol. The quantitative estimate of drug-likeness (QED) is 0.777. The molecule has 4 rings (SSSR count). The predicted molar refractivity (Wildman–Crippen MR) is 94.7 cm³/mol. The fourth-order valence-electron chi connectivity index (χ4n) is 3.07. The Morgan fingerprint density at radius 1 is 1.36 bits per heavy atom. The highest BCUT2D eigenvalue weighted by Crippen LogP contribution is 2.35. The first kappa shape index (κ1) is 15.6. The van der Waals surface area contributed by atoms with Crippen LogP contribution in [0.2, 0.25) is 0 Å². The van der Waals surface area contributed by atoms with Crippen LogP contribution in [0.5, 0.6) is 5.75 Å². The van der Waals surface area contributed by atoms with Gasteiger partial charge in [0.2, 0.25) is 0 Å². The molecule has 0 bridgehead atoms. The third-order valence-corrected chi connectivity index (χ3v) is 4.51. The molecule has 0 saturated heterocycles. The maximum absolute atomic E-state index is 12.8. The van der Waals surface area contributed by atoms with Crippen LogP contribution < -0.4 is 10.1 Å². The maximum atomic E-state index is 12.8. The minimum absolute atomic E-state index is 0.107. The monoisotopic (exact) mass is 336 g/mol. The summed E-state index contributed by atoms with van der Waals surface area (Å²) >= 11 is 0. The van der Waals surface area contributed by atoms with Gasteiger partial charge in [0, 0.05) is 29.4 Å². The molecule has 0 aliphatic heterocycles. The van der Waals surface area contributed by atoms with Gasteiger partial charge in [-0.15, -0.1) is 0 Å². The van der Waals surface area contributed by atoms with Crippen LogP contribution in [0.25, 0.3) is 10.9 Å². The summed E-state index contributed by atoms with van der Waals surface area (Å²) < 4.78 is 7.40. The topological polar surface area (TPSA) is 69.0 Å². The second-order valence-electron chi connectivity index (χ2n) is 6.40. The number of aryl methyl sites for hydroxylation is 1. The van der Waals surface area contributed by atoms with Gasteiger partial charge in [0.1, 0.15) is 5.75 Å². The molecule has 1 aliphatic rings. The molecule has 1 N–H and O–H groups in total. The Morgan fingerprint density at radius 3 is 2.96 bits per heavy atom. The first-order valence-corrected chi connectivity index (χ1v) is 8.40. The lowest BCUT2D eigenvalue weighted by Gasteiger charge is -2.11. The van der Waals surface area contributed by atoms with Crippen molar-refractivity contribution in [3.8, 4) is 5.75 Å². The Hall–Kier alpha value is -2.89. The van der Waals surface area contributed by atoms with E-state index in [0.29, 0.717) is 18.2 Å². The van der Waals surface area contributed by atoms with Crippen molar-refractivity contribution in [2.45, 2.75) is 32.4 Å². The van der Waals surface area contributed by atoms with Crippen LogP contribution in [0.3, 0.4) is 0 Å². The number of rotatable bonds is 5. The number of carbonyl (C=O) groups is 1. The molecule has 25 heavy (non-hydrogen) atoms. The number of nitrogens with one attached hydrogen (secondary N) is 1. The summed E-state index contributed by atoms with van der Waals surface area (Å²) in [4.78, 5) is 21.5. The molecule has 3 aromatic rings. The molecule has 0 radical (unpaired) electrons. The number of pyridine rings is 1. The van der Waals surface area contributed by atoms with Crippen molar-refractivity contribution in [3.63, 3.8) is 0 Å². The zero-order valence-corrected chi connectivity index (χ0v) is 14.3. The third-order valence-electron chi connectivity index (χ3n) is 4.51. The van der Waals surface area contributed by atoms with Gasteiger partial charge in [0.05, 0.1) is 36.8 Å². The average Bonchev–Trinajstić information content (AvgIpc) is 3.36. The lowest BCUT2D eigenvalue weighted by molar-refractivity contribution is 0.0951. The highest BCUT2D eigenvalue weighted by atomic mass is 16.5. The maximum Gasteiger partial charge on any atom is 0.252 e. The summed E-state index contributed by atoms with van der Waals surface area (Å²) in [6.45, 7) is 2.35. The van der Waals surface area contributed by atoms with Gasteiger partial charge < -0.3 is 14.6 Å². The van der Waals surface area contributed by atoms with Gasteiger partial charge in [0.15, 0.2) is 0 Å². The lowest BCUT2D eigenvalue weighted by atomic mass is 10.1. The normalized spacial score (nSPS) is 13.8. The number of benzene rings is 1. The minimum Gasteiger partial charge on any atom is -0.497 e. The molecule has 2 heterocycles. The summed E-state index contributed by atoms with van der Waals surface area (Å²) in [6, 6.07) is 7.94. The zero-order chi connectivity index (χ0) is 17.4. The molecule has 128 valence electrons. The van der Waals surface area contributed by atoms with Gasteiger partial charge in [-0.1, -0.05) is 0 Å². The number of methoxy groups -OCH3 is 1. The largest absolute Gasteiger partial charge is 0.497 e. The highest BCUT2D eigenvalue weighted by molar-refractivity contribution is 6.06. The van der Waals surface area contributed by atoms with E-state index in [1.165, 1.54) is 12.8 Å². The van der Waals surface area contributed by atoms with E-state index >= 15 is 0 Å². The van der Waals surface area contributed by atoms with Gasteiger partial charge in [-0.25, -0.2) is 4.98 Å². The molecule has 1 aliphatic carbocycles. The Balaban J connectivity index is 1.60. The average molecular weight is 336 g/mol. The highest BCUT2D eigenvalue weighted by Gasteiger charge is 2.25. The van der Waals surface area contributed by atoms with Crippen molar-refractivity contribution >= 4 is 16.8 Å². The molecule has 6 heteroatoms. The molecular formula is C19H20N4O2. The Bertz CT molecular complexity index is 944. The number of aromatic nitrogens is 3. The number of fused-ring (bicyclic) bond motifs is 1. The molecule has 1 saturated carbocycles. The van der Waals surface area contributed by atoms with Crippen LogP contribution in [0.4, 0.5) is 0 Å². The fraction of sp³-hybridized carbons (Fsp3) is 0.316. The number of carbonyl (C=O) groups excluding carboxylic acids is 1. The molecule has 2 aromatic heterocycles. The summed E-state index contributed by atoms with van der Waals surface area (Å²) in [5.74, 6) is 0.620. The first-order chi connectivity index (χ1) is 12.2. The first-order valence-electron chi connectivity index (χ1n) is 8.40. The van der Waals surface area contributed by atoms with Crippen LogP contribution in [0, 0.1) is 6.92 Å². The smallest absolute Gasteiger partial charge is 0.252 e. The summed E-state index contributed by atoms with van der Waals surface area (Å²) in [6.07, 6.45) is 6.04. The lowest BCUT2D eigenvalue weighted by Crippen LogP contribution is -2.24. The third kappa shape index (κ3) is 3.07. The minimum atomic E-state index is -0.107. The zero-order valence-electron chi connectivity index (χ0n) is 14.3. The van der Waals surface area contributed by atoms with E-state index in [-0.39, 0.29) is 5.91 Å². The molecule has 0 atom stereocenters. The molecule has 1 amide bonds. The second kappa shape index (κ2) is 6.20. The molecule has 0 unspecified atom stereocenters. The van der Waals surface area contributed by atoms with Crippen LogP contribution >= 0.6 is 0 Å². The van der Waals surface area contributed by atoms with Gasteiger partial charge in [-0.3, -0.25) is 9.78 Å². The summed E-state index contributed by atoms with van der Waals surface area (Å²) in [5, 5.41) is 3.83. The van der Waals surface area contributed by atoms with E-state index in [0.717, 1.165) is 28.0 Å². The predicted octanol–water partition coefficient (Wildman–Crippen LogP) is 3.01. The van der Waals surface area contributed by atoms with Crippen LogP contribution in [-0.2, 0) is 6.54 Å². The van der Waals surface area contributed by atoms with Crippen LogP contribution in [-0.4, -0.2) is 27.6 Å². The number of imidazole rings is 1. The van der Waals surface area contributed by atoms with Crippen LogP contribution in [0.1, 0.15) is 40.6 Å². The summed E-state index contributed by atoms with van der Waals surface area (Å²) in [5.41, 5.74) is 3.22. The van der Waals surface area contributed by atoms with E-state index in [2.05, 4.69) is 19.9 Å². The van der Waals surface area contributed by atoms with Crippen molar-refractivity contribution < 1.29 is 9.53 Å². The van der Waals surface area contributed by atoms with Crippen molar-refractivity contribution in [3.05, 3.63) is 53.7 Å². The number of nitrogens with zero attached hydrogens (tertiary/aromatic N) is 3. The molecule has 6 nitrogen and oxygen atoms in total. The Morgan fingerprint density at radius 2 is 2.20 bits per heavy atom. The van der Waals surface area contributed by atoms with Crippen LogP contribution in [0.15, 0.2) is 36.8 Å². The van der Waals surface area contributed by atoms with E-state index in [4.69, 9.17) is 4.74 Å². The summed E-state index contributed by atoms with van der Waals surface area (Å²) in [7, 11) is 1.62. The Kier molecular flexibility index (Phi) is 3.87. The number of ether oxygens (including phenoxy) is 1. The number of hydrogen-bond donors (Lipinski definition) is 1. The Labute approximate surface area is 145 Å². The van der Waals surface area contributed by atoms with Gasteiger partial charge in [-0.05, 0) is 38.0 Å². The van der Waals surface area contributed by atoms with E-state index in [1.807, 2.05) is 43.7 Å². The van der Waals surface area contributed by atoms with Gasteiger partial charge >= 0.3 is 0 Å². The van der Waals surface area contributed by atoms with Gasteiger partial charge in [0.25, 0.3) is 5.91 Å². The van der Waals surface area contributed by atoms with Gasteiger partial charge in [-0.2, -0.15) is 0 Å². The van der Waals surface area contributed by atoms with Crippen molar-refractivity contribution in [2.24, 2.45) is 0 Å². The molecule has 1 fully saturated rings. The molecule has 0 spiro atoms. The van der Waals surface area contributed by atoms with Crippen molar-refractivity contribution in [1.82, 2.24) is 19.9 Å². The molecule has 1 aromatic carbocycles. The standard InChI is InChI=1S/C19H20N4O2/c1-12-7-17(16-6-5-15(25-2)8-18(16)22-12)19(24)21-10-14-9-20-11-23(14)13-3-4-13/h5-9,11,13H,3-4,10H2,1-2H3,(H,21,24). The SMILES string of the molecule is COc1ccc2c(C(=O)NCc3cncn3C3CC3)cc(C)nc2c1. The van der Waals surface area contributed by atoms with Crippen molar-refractivity contribution in [1.29, 1.82) is 0 Å². The van der Waals surface area contributed by atoms with E-state index in [9.17, 15) is 4.79 Å². The second-order valence-corrected chi connectivity index (χ2v) is 6.40. The van der Waals surface area contributed by atoms with Crippen molar-refractivity contribution in [2.75, 3.05) is 7.11 Å².